The highest BCUT2D eigenvalue weighted by Gasteiger charge is 2.04. The minimum Gasteiger partial charge on any atom is -0.467 e. The predicted octanol–water partition coefficient (Wildman–Crippen LogP) is 1.53. The zero-order valence-corrected chi connectivity index (χ0v) is 8.34. The van der Waals surface area contributed by atoms with Gasteiger partial charge in [0.25, 0.3) is 0 Å². The lowest BCUT2D eigenvalue weighted by Crippen LogP contribution is -2.09. The van der Waals surface area contributed by atoms with Crippen LogP contribution >= 0.6 is 0 Å². The van der Waals surface area contributed by atoms with Crippen LogP contribution in [0.3, 0.4) is 0 Å². The number of nitrogens with one attached hydrogen (secondary N) is 1. The molecule has 0 aromatic heterocycles. The molecule has 0 heterocycles. The molecule has 0 atom stereocenters. The average Bonchev–Trinajstić information content (AvgIpc) is 2.17. The van der Waals surface area contributed by atoms with Gasteiger partial charge in [-0.2, -0.15) is 0 Å². The monoisotopic (exact) mass is 199 g/mol. The van der Waals surface area contributed by atoms with Crippen LogP contribution in [-0.2, 0) is 11.3 Å². The molecule has 4 heteroatoms. The van der Waals surface area contributed by atoms with Crippen LogP contribution in [0.2, 0.25) is 0 Å². The third-order valence-electron chi connectivity index (χ3n) is 1.72. The molecular weight excluding hydrogens is 185 g/mol. The molecule has 0 aliphatic heterocycles. The van der Waals surface area contributed by atoms with Crippen LogP contribution in [0.25, 0.3) is 0 Å². The molecule has 0 saturated heterocycles. The van der Waals surface area contributed by atoms with Crippen molar-refractivity contribution in [2.75, 3.05) is 21.0 Å². The van der Waals surface area contributed by atoms with Gasteiger partial charge >= 0.3 is 0 Å². The molecule has 0 fully saturated rings. The maximum atomic E-state index is 12.9. The SMILES string of the molecule is CNCc1cc(F)ccc1OCOC. The van der Waals surface area contributed by atoms with Gasteiger partial charge in [0.2, 0.25) is 0 Å². The minimum atomic E-state index is -0.264. The summed E-state index contributed by atoms with van der Waals surface area (Å²) in [6.07, 6.45) is 0. The molecule has 0 spiro atoms. The summed E-state index contributed by atoms with van der Waals surface area (Å²) in [5.41, 5.74) is 0.782. The number of benzene rings is 1. The molecule has 1 aromatic rings. The Labute approximate surface area is 82.8 Å². The van der Waals surface area contributed by atoms with Gasteiger partial charge < -0.3 is 14.8 Å². The van der Waals surface area contributed by atoms with Gasteiger partial charge in [0.05, 0.1) is 0 Å². The van der Waals surface area contributed by atoms with Crippen LogP contribution < -0.4 is 10.1 Å². The molecule has 14 heavy (non-hydrogen) atoms. The van der Waals surface area contributed by atoms with Crippen molar-refractivity contribution in [3.63, 3.8) is 0 Å². The highest BCUT2D eigenvalue weighted by Crippen LogP contribution is 2.19. The quantitative estimate of drug-likeness (QED) is 0.729. The smallest absolute Gasteiger partial charge is 0.188 e. The Hall–Kier alpha value is -1.13. The van der Waals surface area contributed by atoms with Crippen molar-refractivity contribution in [3.8, 4) is 5.75 Å². The molecule has 0 amide bonds. The Bertz CT molecular complexity index is 291. The summed E-state index contributed by atoms with van der Waals surface area (Å²) in [4.78, 5) is 0. The van der Waals surface area contributed by atoms with Crippen molar-refractivity contribution < 1.29 is 13.9 Å². The number of hydrogen-bond acceptors (Lipinski definition) is 3. The molecule has 3 nitrogen and oxygen atoms in total. The summed E-state index contributed by atoms with van der Waals surface area (Å²) in [5.74, 6) is 0.377. The highest BCUT2D eigenvalue weighted by atomic mass is 19.1. The maximum absolute atomic E-state index is 12.9. The molecule has 0 radical (unpaired) electrons. The minimum absolute atomic E-state index is 0.169. The Morgan fingerprint density at radius 3 is 2.86 bits per heavy atom. The second-order valence-corrected chi connectivity index (χ2v) is 2.83. The van der Waals surface area contributed by atoms with Crippen LogP contribution in [0.5, 0.6) is 5.75 Å². The Kier molecular flexibility index (Phi) is 4.35. The molecule has 78 valence electrons. The van der Waals surface area contributed by atoms with Crippen LogP contribution in [-0.4, -0.2) is 21.0 Å². The van der Waals surface area contributed by atoms with Crippen LogP contribution in [0.1, 0.15) is 5.56 Å². The number of hydrogen-bond donors (Lipinski definition) is 1. The molecule has 1 N–H and O–H groups in total. The van der Waals surface area contributed by atoms with Gasteiger partial charge in [0, 0.05) is 19.2 Å². The first-order chi connectivity index (χ1) is 6.77. The van der Waals surface area contributed by atoms with Gasteiger partial charge in [0.1, 0.15) is 11.6 Å². The fourth-order valence-electron chi connectivity index (χ4n) is 1.14. The summed E-state index contributed by atoms with van der Waals surface area (Å²) in [6, 6.07) is 4.41. The fraction of sp³-hybridized carbons (Fsp3) is 0.400. The van der Waals surface area contributed by atoms with E-state index in [-0.39, 0.29) is 12.6 Å². The van der Waals surface area contributed by atoms with E-state index in [0.717, 1.165) is 5.56 Å². The van der Waals surface area contributed by atoms with E-state index in [1.165, 1.54) is 12.1 Å². The van der Waals surface area contributed by atoms with Gasteiger partial charge in [0.15, 0.2) is 6.79 Å². The summed E-state index contributed by atoms with van der Waals surface area (Å²) in [5, 5.41) is 2.94. The van der Waals surface area contributed by atoms with Gasteiger partial charge in [-0.05, 0) is 25.2 Å². The van der Waals surface area contributed by atoms with Crippen molar-refractivity contribution >= 4 is 0 Å². The molecule has 0 bridgehead atoms. The van der Waals surface area contributed by atoms with Gasteiger partial charge in [-0.15, -0.1) is 0 Å². The predicted molar refractivity (Wildman–Crippen MR) is 51.7 cm³/mol. The van der Waals surface area contributed by atoms with E-state index in [9.17, 15) is 4.39 Å². The number of halogens is 1. The highest BCUT2D eigenvalue weighted by molar-refractivity contribution is 5.33. The van der Waals surface area contributed by atoms with Crippen molar-refractivity contribution in [1.29, 1.82) is 0 Å². The first kappa shape index (κ1) is 10.9. The molecule has 0 saturated carbocycles. The van der Waals surface area contributed by atoms with E-state index < -0.39 is 0 Å². The first-order valence-corrected chi connectivity index (χ1v) is 4.32. The van der Waals surface area contributed by atoms with Crippen molar-refractivity contribution in [2.45, 2.75) is 6.54 Å². The molecule has 0 aliphatic carbocycles. The third-order valence-corrected chi connectivity index (χ3v) is 1.72. The third kappa shape index (κ3) is 2.97. The Balaban J connectivity index is 2.78. The molecule has 1 aromatic carbocycles. The van der Waals surface area contributed by atoms with E-state index in [0.29, 0.717) is 12.3 Å². The summed E-state index contributed by atoms with van der Waals surface area (Å²) < 4.78 is 22.9. The summed E-state index contributed by atoms with van der Waals surface area (Å²) in [7, 11) is 3.34. The molecular formula is C10H14FNO2. The standard InChI is InChI=1S/C10H14FNO2/c1-12-6-8-5-9(11)3-4-10(8)14-7-13-2/h3-5,12H,6-7H2,1-2H3. The lowest BCUT2D eigenvalue weighted by atomic mass is 10.2. The largest absolute Gasteiger partial charge is 0.467 e. The van der Waals surface area contributed by atoms with Gasteiger partial charge in [-0.3, -0.25) is 0 Å². The summed E-state index contributed by atoms with van der Waals surface area (Å²) >= 11 is 0. The van der Waals surface area contributed by atoms with E-state index in [4.69, 9.17) is 9.47 Å². The van der Waals surface area contributed by atoms with Crippen molar-refractivity contribution in [1.82, 2.24) is 5.32 Å². The second kappa shape index (κ2) is 5.57. The number of methoxy groups -OCH3 is 1. The van der Waals surface area contributed by atoms with Crippen LogP contribution in [0.4, 0.5) is 4.39 Å². The normalized spacial score (nSPS) is 10.2. The maximum Gasteiger partial charge on any atom is 0.188 e. The Morgan fingerprint density at radius 2 is 2.21 bits per heavy atom. The van der Waals surface area contributed by atoms with Crippen LogP contribution in [0.15, 0.2) is 18.2 Å². The second-order valence-electron chi connectivity index (χ2n) is 2.83. The summed E-state index contributed by atoms with van der Waals surface area (Å²) in [6.45, 7) is 0.735. The number of rotatable bonds is 5. The molecule has 0 unspecified atom stereocenters. The fourth-order valence-corrected chi connectivity index (χ4v) is 1.14. The van der Waals surface area contributed by atoms with Gasteiger partial charge in [-0.1, -0.05) is 0 Å². The number of ether oxygens (including phenoxy) is 2. The molecule has 1 rings (SSSR count). The van der Waals surface area contributed by atoms with E-state index in [1.807, 2.05) is 0 Å². The first-order valence-electron chi connectivity index (χ1n) is 4.32. The van der Waals surface area contributed by atoms with Crippen molar-refractivity contribution in [3.05, 3.63) is 29.6 Å². The van der Waals surface area contributed by atoms with Crippen LogP contribution in [0, 0.1) is 5.82 Å². The van der Waals surface area contributed by atoms with E-state index in [1.54, 1.807) is 20.2 Å². The topological polar surface area (TPSA) is 30.5 Å². The zero-order chi connectivity index (χ0) is 10.4. The lowest BCUT2D eigenvalue weighted by molar-refractivity contribution is 0.0503. The lowest BCUT2D eigenvalue weighted by Gasteiger charge is -2.10. The van der Waals surface area contributed by atoms with E-state index >= 15 is 0 Å². The van der Waals surface area contributed by atoms with Gasteiger partial charge in [-0.25, -0.2) is 4.39 Å². The van der Waals surface area contributed by atoms with E-state index in [2.05, 4.69) is 5.32 Å². The van der Waals surface area contributed by atoms with Crippen molar-refractivity contribution in [2.24, 2.45) is 0 Å². The Morgan fingerprint density at radius 1 is 1.43 bits per heavy atom. The average molecular weight is 199 g/mol. The molecule has 0 aliphatic rings. The zero-order valence-electron chi connectivity index (χ0n) is 8.34.